The van der Waals surface area contributed by atoms with Crippen molar-refractivity contribution in [1.29, 1.82) is 0 Å². The Balaban J connectivity index is 2.03. The molecular weight excluding hydrogens is 208 g/mol. The summed E-state index contributed by atoms with van der Waals surface area (Å²) in [5.41, 5.74) is -0.220. The first-order valence-electron chi connectivity index (χ1n) is 5.91. The van der Waals surface area contributed by atoms with Gasteiger partial charge in [0.1, 0.15) is 0 Å². The first-order chi connectivity index (χ1) is 7.28. The number of rotatable bonds is 2. The van der Waals surface area contributed by atoms with Crippen molar-refractivity contribution in [1.82, 2.24) is 10.2 Å². The van der Waals surface area contributed by atoms with Gasteiger partial charge >= 0.3 is 0 Å². The van der Waals surface area contributed by atoms with Crippen LogP contribution in [0.3, 0.4) is 0 Å². The van der Waals surface area contributed by atoms with Crippen LogP contribution < -0.4 is 5.32 Å². The van der Waals surface area contributed by atoms with Crippen LogP contribution in [0, 0.1) is 0 Å². The Kier molecular flexibility index (Phi) is 3.57. The van der Waals surface area contributed by atoms with E-state index in [0.717, 1.165) is 50.4 Å². The van der Waals surface area contributed by atoms with Crippen LogP contribution in [-0.2, 0) is 4.79 Å². The van der Waals surface area contributed by atoms with E-state index in [9.17, 15) is 4.79 Å². The van der Waals surface area contributed by atoms with E-state index in [1.807, 2.05) is 11.8 Å². The molecule has 1 amide bonds. The minimum absolute atomic E-state index is 0.220. The van der Waals surface area contributed by atoms with Gasteiger partial charge < -0.3 is 10.2 Å². The van der Waals surface area contributed by atoms with Crippen LogP contribution in [-0.4, -0.2) is 47.5 Å². The fourth-order valence-electron chi connectivity index (χ4n) is 2.51. The maximum absolute atomic E-state index is 12.4. The van der Waals surface area contributed by atoms with Crippen LogP contribution in [0.2, 0.25) is 0 Å². The van der Waals surface area contributed by atoms with E-state index in [1.54, 1.807) is 0 Å². The lowest BCUT2D eigenvalue weighted by Gasteiger charge is -2.35. The molecule has 0 aliphatic carbocycles. The van der Waals surface area contributed by atoms with E-state index >= 15 is 0 Å². The van der Waals surface area contributed by atoms with Crippen molar-refractivity contribution in [2.45, 2.75) is 31.7 Å². The SMILES string of the molecule is CCC1(C(=O)N2CCSCC2)CCCN1. The number of hydrogen-bond acceptors (Lipinski definition) is 3. The molecule has 0 saturated carbocycles. The normalized spacial score (nSPS) is 31.9. The molecule has 86 valence electrons. The summed E-state index contributed by atoms with van der Waals surface area (Å²) in [6, 6.07) is 0. The van der Waals surface area contributed by atoms with Crippen molar-refractivity contribution in [2.75, 3.05) is 31.1 Å². The van der Waals surface area contributed by atoms with Gasteiger partial charge in [0, 0.05) is 24.6 Å². The molecule has 15 heavy (non-hydrogen) atoms. The first-order valence-corrected chi connectivity index (χ1v) is 7.06. The van der Waals surface area contributed by atoms with Gasteiger partial charge in [-0.25, -0.2) is 0 Å². The van der Waals surface area contributed by atoms with Crippen LogP contribution in [0.15, 0.2) is 0 Å². The molecule has 3 nitrogen and oxygen atoms in total. The molecule has 0 aromatic rings. The lowest BCUT2D eigenvalue weighted by Crippen LogP contribution is -2.56. The highest BCUT2D eigenvalue weighted by molar-refractivity contribution is 7.99. The van der Waals surface area contributed by atoms with Crippen molar-refractivity contribution in [2.24, 2.45) is 0 Å². The second-order valence-corrected chi connectivity index (χ2v) is 5.60. The van der Waals surface area contributed by atoms with Gasteiger partial charge in [-0.3, -0.25) is 4.79 Å². The van der Waals surface area contributed by atoms with Crippen molar-refractivity contribution in [3.63, 3.8) is 0 Å². The number of nitrogens with zero attached hydrogens (tertiary/aromatic N) is 1. The van der Waals surface area contributed by atoms with Crippen LogP contribution in [0.5, 0.6) is 0 Å². The van der Waals surface area contributed by atoms with E-state index in [2.05, 4.69) is 17.1 Å². The zero-order valence-corrected chi connectivity index (χ0v) is 10.2. The number of carbonyl (C=O) groups excluding carboxylic acids is 1. The molecule has 0 aromatic carbocycles. The predicted molar refractivity (Wildman–Crippen MR) is 64.2 cm³/mol. The Morgan fingerprint density at radius 3 is 2.73 bits per heavy atom. The van der Waals surface area contributed by atoms with E-state index in [-0.39, 0.29) is 5.54 Å². The smallest absolute Gasteiger partial charge is 0.242 e. The third-order valence-electron chi connectivity index (χ3n) is 3.55. The lowest BCUT2D eigenvalue weighted by atomic mass is 9.92. The Bertz CT molecular complexity index is 233. The number of hydrogen-bond donors (Lipinski definition) is 1. The van der Waals surface area contributed by atoms with Gasteiger partial charge in [-0.05, 0) is 25.8 Å². The van der Waals surface area contributed by atoms with E-state index in [0.29, 0.717) is 5.91 Å². The largest absolute Gasteiger partial charge is 0.339 e. The molecule has 2 saturated heterocycles. The molecule has 1 unspecified atom stereocenters. The van der Waals surface area contributed by atoms with Crippen molar-refractivity contribution < 1.29 is 4.79 Å². The molecule has 2 heterocycles. The Hall–Kier alpha value is -0.220. The fraction of sp³-hybridized carbons (Fsp3) is 0.909. The van der Waals surface area contributed by atoms with Crippen molar-refractivity contribution >= 4 is 17.7 Å². The Morgan fingerprint density at radius 1 is 1.47 bits per heavy atom. The molecule has 2 fully saturated rings. The average Bonchev–Trinajstić information content (AvgIpc) is 2.79. The van der Waals surface area contributed by atoms with Crippen LogP contribution >= 0.6 is 11.8 Å². The summed E-state index contributed by atoms with van der Waals surface area (Å²) in [6.45, 7) is 5.00. The Morgan fingerprint density at radius 2 is 2.20 bits per heavy atom. The predicted octanol–water partition coefficient (Wildman–Crippen LogP) is 1.09. The van der Waals surface area contributed by atoms with Crippen LogP contribution in [0.1, 0.15) is 26.2 Å². The quantitative estimate of drug-likeness (QED) is 0.768. The number of nitrogens with one attached hydrogen (secondary N) is 1. The van der Waals surface area contributed by atoms with Gasteiger partial charge in [0.2, 0.25) is 5.91 Å². The molecule has 0 bridgehead atoms. The highest BCUT2D eigenvalue weighted by atomic mass is 32.2. The summed E-state index contributed by atoms with van der Waals surface area (Å²) in [5, 5.41) is 3.42. The molecule has 1 N–H and O–H groups in total. The van der Waals surface area contributed by atoms with Gasteiger partial charge in [-0.2, -0.15) is 11.8 Å². The second-order valence-electron chi connectivity index (χ2n) is 4.37. The minimum atomic E-state index is -0.220. The topological polar surface area (TPSA) is 32.3 Å². The standard InChI is InChI=1S/C11H20N2OS/c1-2-11(4-3-5-12-11)10(14)13-6-8-15-9-7-13/h12H,2-9H2,1H3. The minimum Gasteiger partial charge on any atom is -0.339 e. The third-order valence-corrected chi connectivity index (χ3v) is 4.50. The van der Waals surface area contributed by atoms with Gasteiger partial charge in [-0.1, -0.05) is 6.92 Å². The fourth-order valence-corrected chi connectivity index (χ4v) is 3.41. The number of amides is 1. The third kappa shape index (κ3) is 2.16. The summed E-state index contributed by atoms with van der Waals surface area (Å²) in [7, 11) is 0. The summed E-state index contributed by atoms with van der Waals surface area (Å²) < 4.78 is 0. The molecule has 4 heteroatoms. The Labute approximate surface area is 96.0 Å². The number of thioether (sulfide) groups is 1. The zero-order valence-electron chi connectivity index (χ0n) is 9.42. The second kappa shape index (κ2) is 4.74. The van der Waals surface area contributed by atoms with Crippen LogP contribution in [0.4, 0.5) is 0 Å². The monoisotopic (exact) mass is 228 g/mol. The molecule has 2 aliphatic heterocycles. The maximum Gasteiger partial charge on any atom is 0.242 e. The van der Waals surface area contributed by atoms with E-state index < -0.39 is 0 Å². The highest BCUT2D eigenvalue weighted by Gasteiger charge is 2.41. The van der Waals surface area contributed by atoms with Crippen molar-refractivity contribution in [3.05, 3.63) is 0 Å². The molecule has 0 aromatic heterocycles. The summed E-state index contributed by atoms with van der Waals surface area (Å²) in [5.74, 6) is 2.56. The zero-order chi connectivity index (χ0) is 10.7. The average molecular weight is 228 g/mol. The summed E-state index contributed by atoms with van der Waals surface area (Å²) in [6.07, 6.45) is 3.09. The van der Waals surface area contributed by atoms with Gasteiger partial charge in [0.05, 0.1) is 5.54 Å². The van der Waals surface area contributed by atoms with Gasteiger partial charge in [-0.15, -0.1) is 0 Å². The van der Waals surface area contributed by atoms with Crippen molar-refractivity contribution in [3.8, 4) is 0 Å². The molecule has 1 atom stereocenters. The molecule has 0 spiro atoms. The lowest BCUT2D eigenvalue weighted by molar-refractivity contribution is -0.137. The molecular formula is C11H20N2OS. The van der Waals surface area contributed by atoms with E-state index in [1.165, 1.54) is 0 Å². The van der Waals surface area contributed by atoms with Gasteiger partial charge in [0.25, 0.3) is 0 Å². The highest BCUT2D eigenvalue weighted by Crippen LogP contribution is 2.26. The van der Waals surface area contributed by atoms with E-state index in [4.69, 9.17) is 0 Å². The summed E-state index contributed by atoms with van der Waals surface area (Å²) in [4.78, 5) is 14.5. The maximum atomic E-state index is 12.4. The first kappa shape index (κ1) is 11.3. The summed E-state index contributed by atoms with van der Waals surface area (Å²) >= 11 is 1.95. The molecule has 2 aliphatic rings. The van der Waals surface area contributed by atoms with Crippen LogP contribution in [0.25, 0.3) is 0 Å². The molecule has 0 radical (unpaired) electrons. The number of carbonyl (C=O) groups is 1. The van der Waals surface area contributed by atoms with Gasteiger partial charge in [0.15, 0.2) is 0 Å². The molecule has 2 rings (SSSR count).